The lowest BCUT2D eigenvalue weighted by Gasteiger charge is -2.17. The van der Waals surface area contributed by atoms with Crippen LogP contribution in [0.5, 0.6) is 0 Å². The van der Waals surface area contributed by atoms with Crippen LogP contribution in [-0.4, -0.2) is 11.8 Å². The minimum atomic E-state index is -0.552. The van der Waals surface area contributed by atoms with E-state index in [1.807, 2.05) is 60.7 Å². The summed E-state index contributed by atoms with van der Waals surface area (Å²) in [6.07, 6.45) is 0. The third kappa shape index (κ3) is 4.29. The molecule has 0 aliphatic heterocycles. The number of nitrogens with one attached hydrogen (secondary N) is 1. The van der Waals surface area contributed by atoms with Crippen molar-refractivity contribution in [1.29, 1.82) is 0 Å². The second kappa shape index (κ2) is 8.00. The Balaban J connectivity index is 1.87. The van der Waals surface area contributed by atoms with Crippen LogP contribution in [0.1, 0.15) is 21.2 Å². The molecule has 0 radical (unpaired) electrons. The molecule has 4 nitrogen and oxygen atoms in total. The fourth-order valence-corrected chi connectivity index (χ4v) is 4.15. The van der Waals surface area contributed by atoms with E-state index in [-0.39, 0.29) is 5.91 Å². The molecule has 6 heteroatoms. The van der Waals surface area contributed by atoms with Crippen molar-refractivity contribution in [2.45, 2.75) is 10.1 Å². The van der Waals surface area contributed by atoms with Gasteiger partial charge in [-0.2, -0.15) is 0 Å². The Morgan fingerprint density at radius 2 is 1.60 bits per heavy atom. The van der Waals surface area contributed by atoms with Crippen molar-refractivity contribution in [1.82, 2.24) is 0 Å². The standard InChI is InChI=1S/C19H16N2O2S2/c20-17(22)15-11-12-24-19(15)21-18(23)16(13-7-3-1-4-8-13)25-14-9-5-2-6-10-14/h1-12,16H,(H2,20,22)(H,21,23)/t16-/m1/s1. The quantitative estimate of drug-likeness (QED) is 0.637. The van der Waals surface area contributed by atoms with E-state index in [0.717, 1.165) is 10.5 Å². The smallest absolute Gasteiger partial charge is 0.251 e. The highest BCUT2D eigenvalue weighted by molar-refractivity contribution is 8.00. The lowest BCUT2D eigenvalue weighted by atomic mass is 10.1. The van der Waals surface area contributed by atoms with Crippen LogP contribution in [0.4, 0.5) is 5.00 Å². The topological polar surface area (TPSA) is 72.2 Å². The number of hydrogen-bond donors (Lipinski definition) is 2. The van der Waals surface area contributed by atoms with Gasteiger partial charge in [-0.15, -0.1) is 23.1 Å². The second-order valence-electron chi connectivity index (χ2n) is 5.24. The van der Waals surface area contributed by atoms with Gasteiger partial charge in [0.05, 0.1) is 5.56 Å². The number of hydrogen-bond acceptors (Lipinski definition) is 4. The summed E-state index contributed by atoms with van der Waals surface area (Å²) in [6, 6.07) is 20.9. The predicted octanol–water partition coefficient (Wildman–Crippen LogP) is 4.32. The highest BCUT2D eigenvalue weighted by Crippen LogP contribution is 2.36. The van der Waals surface area contributed by atoms with Crippen LogP contribution < -0.4 is 11.1 Å². The normalized spacial score (nSPS) is 11.7. The van der Waals surface area contributed by atoms with Crippen molar-refractivity contribution in [3.63, 3.8) is 0 Å². The first kappa shape index (κ1) is 17.3. The molecule has 0 aliphatic carbocycles. The van der Waals surface area contributed by atoms with E-state index < -0.39 is 11.2 Å². The van der Waals surface area contributed by atoms with Crippen LogP contribution in [0.3, 0.4) is 0 Å². The fourth-order valence-electron chi connectivity index (χ4n) is 2.31. The number of thioether (sulfide) groups is 1. The fraction of sp³-hybridized carbons (Fsp3) is 0.0526. The molecule has 3 rings (SSSR count). The van der Waals surface area contributed by atoms with Crippen LogP contribution in [0.25, 0.3) is 0 Å². The number of rotatable bonds is 6. The molecular weight excluding hydrogens is 352 g/mol. The zero-order valence-electron chi connectivity index (χ0n) is 13.2. The molecule has 3 aromatic rings. The van der Waals surface area contributed by atoms with Gasteiger partial charge in [0, 0.05) is 4.90 Å². The van der Waals surface area contributed by atoms with Crippen molar-refractivity contribution in [3.8, 4) is 0 Å². The van der Waals surface area contributed by atoms with Gasteiger partial charge in [-0.1, -0.05) is 48.5 Å². The molecule has 25 heavy (non-hydrogen) atoms. The van der Waals surface area contributed by atoms with E-state index in [1.165, 1.54) is 23.1 Å². The third-order valence-corrected chi connectivity index (χ3v) is 5.60. The van der Waals surface area contributed by atoms with Crippen molar-refractivity contribution in [3.05, 3.63) is 83.2 Å². The zero-order valence-corrected chi connectivity index (χ0v) is 14.8. The van der Waals surface area contributed by atoms with E-state index in [0.29, 0.717) is 10.6 Å². The molecule has 0 saturated carbocycles. The zero-order chi connectivity index (χ0) is 17.6. The van der Waals surface area contributed by atoms with Gasteiger partial charge in [-0.3, -0.25) is 9.59 Å². The minimum Gasteiger partial charge on any atom is -0.366 e. The molecule has 126 valence electrons. The van der Waals surface area contributed by atoms with Gasteiger partial charge >= 0.3 is 0 Å². The Morgan fingerprint density at radius 3 is 2.24 bits per heavy atom. The Kier molecular flexibility index (Phi) is 5.53. The number of anilines is 1. The number of carbonyl (C=O) groups excluding carboxylic acids is 2. The summed E-state index contributed by atoms with van der Waals surface area (Å²) in [5.74, 6) is -0.742. The Hall–Kier alpha value is -2.57. The van der Waals surface area contributed by atoms with Gasteiger partial charge in [0.2, 0.25) is 5.91 Å². The summed E-state index contributed by atoms with van der Waals surface area (Å²) in [6.45, 7) is 0. The summed E-state index contributed by atoms with van der Waals surface area (Å²) in [5, 5.41) is 4.62. The first-order valence-corrected chi connectivity index (χ1v) is 9.36. The SMILES string of the molecule is NC(=O)c1ccsc1NC(=O)[C@H](Sc1ccccc1)c1ccccc1. The molecule has 1 atom stereocenters. The summed E-state index contributed by atoms with van der Waals surface area (Å²) < 4.78 is 0. The van der Waals surface area contributed by atoms with Crippen LogP contribution >= 0.6 is 23.1 Å². The van der Waals surface area contributed by atoms with Crippen molar-refractivity contribution >= 4 is 39.9 Å². The van der Waals surface area contributed by atoms with Gasteiger partial charge in [0.15, 0.2) is 0 Å². The number of nitrogens with two attached hydrogens (primary N) is 1. The Labute approximate surface area is 154 Å². The number of carbonyl (C=O) groups is 2. The molecule has 0 saturated heterocycles. The molecule has 0 aliphatic rings. The summed E-state index contributed by atoms with van der Waals surface area (Å²) >= 11 is 2.75. The minimum absolute atomic E-state index is 0.190. The monoisotopic (exact) mass is 368 g/mol. The van der Waals surface area contributed by atoms with Crippen molar-refractivity contribution in [2.75, 3.05) is 5.32 Å². The van der Waals surface area contributed by atoms with Crippen molar-refractivity contribution in [2.24, 2.45) is 5.73 Å². The molecular formula is C19H16N2O2S2. The Morgan fingerprint density at radius 1 is 0.960 bits per heavy atom. The maximum absolute atomic E-state index is 12.9. The summed E-state index contributed by atoms with van der Waals surface area (Å²) in [4.78, 5) is 25.4. The summed E-state index contributed by atoms with van der Waals surface area (Å²) in [7, 11) is 0. The van der Waals surface area contributed by atoms with Crippen LogP contribution in [0, 0.1) is 0 Å². The number of amides is 2. The van der Waals surface area contributed by atoms with E-state index >= 15 is 0 Å². The van der Waals surface area contributed by atoms with E-state index in [2.05, 4.69) is 5.32 Å². The predicted molar refractivity (Wildman–Crippen MR) is 103 cm³/mol. The van der Waals surface area contributed by atoms with E-state index in [1.54, 1.807) is 11.4 Å². The number of thiophene rings is 1. The average molecular weight is 368 g/mol. The van der Waals surface area contributed by atoms with Crippen molar-refractivity contribution < 1.29 is 9.59 Å². The Bertz CT molecular complexity index is 863. The maximum Gasteiger partial charge on any atom is 0.251 e. The molecule has 1 aromatic heterocycles. The molecule has 3 N–H and O–H groups in total. The summed E-state index contributed by atoms with van der Waals surface area (Å²) in [5.41, 5.74) is 6.58. The van der Waals surface area contributed by atoms with Crippen LogP contribution in [-0.2, 0) is 4.79 Å². The number of benzene rings is 2. The van der Waals surface area contributed by atoms with Crippen LogP contribution in [0.15, 0.2) is 77.0 Å². The van der Waals surface area contributed by atoms with Gasteiger partial charge in [-0.25, -0.2) is 0 Å². The highest BCUT2D eigenvalue weighted by atomic mass is 32.2. The number of primary amides is 1. The third-order valence-electron chi connectivity index (χ3n) is 3.51. The van der Waals surface area contributed by atoms with Crippen LogP contribution in [0.2, 0.25) is 0 Å². The maximum atomic E-state index is 12.9. The molecule has 0 spiro atoms. The molecule has 0 bridgehead atoms. The lowest BCUT2D eigenvalue weighted by molar-refractivity contribution is -0.115. The van der Waals surface area contributed by atoms with E-state index in [9.17, 15) is 9.59 Å². The van der Waals surface area contributed by atoms with Gasteiger partial charge in [-0.05, 0) is 29.1 Å². The van der Waals surface area contributed by atoms with E-state index in [4.69, 9.17) is 5.73 Å². The van der Waals surface area contributed by atoms with Gasteiger partial charge < -0.3 is 11.1 Å². The first-order chi connectivity index (χ1) is 12.1. The molecule has 0 fully saturated rings. The molecule has 2 aromatic carbocycles. The molecule has 0 unspecified atom stereocenters. The largest absolute Gasteiger partial charge is 0.366 e. The first-order valence-electron chi connectivity index (χ1n) is 7.60. The second-order valence-corrected chi connectivity index (χ2v) is 7.33. The van der Waals surface area contributed by atoms with Gasteiger partial charge in [0.1, 0.15) is 10.3 Å². The molecule has 2 amide bonds. The van der Waals surface area contributed by atoms with Gasteiger partial charge in [0.25, 0.3) is 5.91 Å². The lowest BCUT2D eigenvalue weighted by Crippen LogP contribution is -2.21. The molecule has 1 heterocycles. The average Bonchev–Trinajstić information content (AvgIpc) is 3.09. The highest BCUT2D eigenvalue weighted by Gasteiger charge is 2.24.